The van der Waals surface area contributed by atoms with Crippen molar-refractivity contribution in [3.63, 3.8) is 0 Å². The standard InChI is InChI=1S/C74H87N9O20S/c1-43-50(48-16-17-55(78-59(48)65(95)96)81-23-20-45-10-8-11-49(51(45)30-81)64(94)79-68-77-52-12-4-5-13-54(52)104-68)29-76-83(43)39-73-34-70(2)33-71(3,35-73)37-74(36-70,38-73)101-26-25-80(24-21-47(87)28-72(40-84,41-85)42-86)69(99)100-32-46-15-14-44(9-6-7-22-75-56(88)31-82-57(89)18-19-58(82)90)27-53(46)102-67-62(93)60(91)61(92)63(103-67)66(97)98/h4-5,8,10-19,27,29,60-63,67,84-86,91-93H,6-7,9,20-26,28,30-42H2,1-3H3,(H,75,88)(H,95,96)(H,97,98)(H,77,79,94)/t60-,61-,62+,63-,67+,70?,71?,73?,74?/m0/s1. The molecule has 104 heavy (non-hydrogen) atoms. The van der Waals surface area contributed by atoms with Crippen LogP contribution in [0.2, 0.25) is 0 Å². The number of nitrogens with one attached hydrogen (secondary N) is 2. The Labute approximate surface area is 602 Å². The van der Waals surface area contributed by atoms with Crippen molar-refractivity contribution < 1.29 is 98.2 Å². The number of anilines is 2. The molecular formula is C74H87N9O20S. The predicted molar refractivity (Wildman–Crippen MR) is 374 cm³/mol. The van der Waals surface area contributed by atoms with E-state index in [2.05, 4.69) is 29.5 Å². The molecule has 6 aromatic rings. The first-order valence-electron chi connectivity index (χ1n) is 34.9. The number of aliphatic hydroxyl groups excluding tert-OH is 6. The minimum atomic E-state index is -2.02. The second-order valence-electron chi connectivity index (χ2n) is 29.6. The number of benzene rings is 3. The number of carbonyl (C=O) groups excluding carboxylic acids is 6. The highest BCUT2D eigenvalue weighted by Gasteiger charge is 2.66. The molecule has 4 bridgehead atoms. The van der Waals surface area contributed by atoms with E-state index in [9.17, 15) is 79.2 Å². The normalized spacial score (nSPS) is 24.8. The van der Waals surface area contributed by atoms with Crippen LogP contribution >= 0.6 is 11.3 Å². The number of Topliss-reactive ketones (excluding diaryl/α,β-unsaturated/α-hetero) is 1. The number of ether oxygens (including phenoxy) is 4. The van der Waals surface area contributed by atoms with Gasteiger partial charge in [-0.3, -0.25) is 38.9 Å². The molecule has 2 unspecified atom stereocenters. The summed E-state index contributed by atoms with van der Waals surface area (Å²) in [6.45, 7) is 4.70. The van der Waals surface area contributed by atoms with E-state index in [0.29, 0.717) is 84.9 Å². The molecule has 5 amide bonds. The number of aromatic carboxylic acids is 1. The van der Waals surface area contributed by atoms with Crippen molar-refractivity contribution in [2.45, 2.75) is 154 Å². The summed E-state index contributed by atoms with van der Waals surface area (Å²) in [5, 5.41) is 94.1. The maximum Gasteiger partial charge on any atom is 0.410 e. The number of fused-ring (bicyclic) bond motifs is 2. The van der Waals surface area contributed by atoms with Crippen LogP contribution in [0.15, 0.2) is 91.1 Å². The molecule has 3 aliphatic heterocycles. The maximum absolute atomic E-state index is 14.6. The minimum Gasteiger partial charge on any atom is -0.479 e. The number of para-hydroxylation sites is 1. The van der Waals surface area contributed by atoms with E-state index in [1.165, 1.54) is 22.3 Å². The van der Waals surface area contributed by atoms with Gasteiger partial charge >= 0.3 is 18.0 Å². The molecule has 10 N–H and O–H groups in total. The molecular weight excluding hydrogens is 1370 g/mol. The fourth-order valence-corrected chi connectivity index (χ4v) is 18.0. The van der Waals surface area contributed by atoms with E-state index in [1.54, 1.807) is 30.5 Å². The van der Waals surface area contributed by atoms with Gasteiger partial charge in [-0.05, 0) is 140 Å². The van der Waals surface area contributed by atoms with Gasteiger partial charge in [0.1, 0.15) is 48.8 Å². The second-order valence-corrected chi connectivity index (χ2v) is 30.7. The topological polar surface area (TPSA) is 413 Å². The maximum atomic E-state index is 14.6. The summed E-state index contributed by atoms with van der Waals surface area (Å²) in [7, 11) is 0. The highest BCUT2D eigenvalue weighted by atomic mass is 32.1. The van der Waals surface area contributed by atoms with Crippen molar-refractivity contribution in [1.82, 2.24) is 34.9 Å². The Kier molecular flexibility index (Phi) is 21.9. The summed E-state index contributed by atoms with van der Waals surface area (Å²) in [6, 6.07) is 21.7. The summed E-state index contributed by atoms with van der Waals surface area (Å²) in [5.41, 5.74) is 2.68. The molecule has 5 fully saturated rings. The van der Waals surface area contributed by atoms with Crippen LogP contribution in [0.5, 0.6) is 5.75 Å². The number of ketones is 1. The fraction of sp³-hybridized carbons (Fsp3) is 0.500. The molecule has 13 rings (SSSR count). The van der Waals surface area contributed by atoms with E-state index in [-0.39, 0.29) is 71.8 Å². The Bertz CT molecular complexity index is 4250. The minimum absolute atomic E-state index is 0.00535. The van der Waals surface area contributed by atoms with Crippen molar-refractivity contribution in [1.29, 1.82) is 0 Å². The average Bonchev–Trinajstić information content (AvgIpc) is 0.718. The van der Waals surface area contributed by atoms with Crippen LogP contribution in [0.4, 0.5) is 15.7 Å². The van der Waals surface area contributed by atoms with Crippen molar-refractivity contribution >= 4 is 79.9 Å². The first-order valence-corrected chi connectivity index (χ1v) is 35.7. The van der Waals surface area contributed by atoms with E-state index >= 15 is 0 Å². The number of unbranched alkanes of at least 4 members (excludes halogenated alkanes) is 1. The molecule has 3 aromatic heterocycles. The van der Waals surface area contributed by atoms with E-state index < -0.39 is 123 Å². The van der Waals surface area contributed by atoms with E-state index in [1.807, 2.05) is 59.0 Å². The van der Waals surface area contributed by atoms with Crippen LogP contribution in [-0.4, -0.2) is 213 Å². The van der Waals surface area contributed by atoms with Gasteiger partial charge < -0.3 is 74.9 Å². The lowest BCUT2D eigenvalue weighted by atomic mass is 9.39. The summed E-state index contributed by atoms with van der Waals surface area (Å²) in [4.78, 5) is 117. The number of hydrogen-bond donors (Lipinski definition) is 10. The Morgan fingerprint density at radius 3 is 2.27 bits per heavy atom. The van der Waals surface area contributed by atoms with Crippen molar-refractivity contribution in [3.05, 3.63) is 130 Å². The number of amides is 5. The van der Waals surface area contributed by atoms with Crippen molar-refractivity contribution in [2.24, 2.45) is 21.7 Å². The zero-order valence-electron chi connectivity index (χ0n) is 58.0. The highest BCUT2D eigenvalue weighted by molar-refractivity contribution is 7.22. The van der Waals surface area contributed by atoms with Gasteiger partial charge in [-0.2, -0.15) is 5.10 Å². The Hall–Kier alpha value is -9.11. The molecule has 4 aliphatic carbocycles. The van der Waals surface area contributed by atoms with Crippen LogP contribution in [0.25, 0.3) is 21.3 Å². The molecule has 6 heterocycles. The Morgan fingerprint density at radius 1 is 0.817 bits per heavy atom. The number of pyridine rings is 1. The van der Waals surface area contributed by atoms with Crippen molar-refractivity contribution in [3.8, 4) is 16.9 Å². The lowest BCUT2D eigenvalue weighted by Crippen LogP contribution is -2.64. The number of aromatic nitrogens is 4. The van der Waals surface area contributed by atoms with Gasteiger partial charge in [0.05, 0.1) is 48.4 Å². The first kappa shape index (κ1) is 74.6. The summed E-state index contributed by atoms with van der Waals surface area (Å²) in [6.07, 6.45) is -0.960. The number of aryl methyl sites for hydroxylation is 1. The second kappa shape index (κ2) is 30.5. The molecule has 0 spiro atoms. The summed E-state index contributed by atoms with van der Waals surface area (Å²) < 4.78 is 27.5. The third-order valence-electron chi connectivity index (χ3n) is 21.2. The van der Waals surface area contributed by atoms with Gasteiger partial charge in [-0.1, -0.05) is 61.6 Å². The Morgan fingerprint density at radius 2 is 1.56 bits per heavy atom. The molecule has 3 aromatic carbocycles. The third-order valence-corrected chi connectivity index (χ3v) is 22.1. The van der Waals surface area contributed by atoms with E-state index in [4.69, 9.17) is 29.0 Å². The summed E-state index contributed by atoms with van der Waals surface area (Å²) in [5.74, 6) is -4.97. The van der Waals surface area contributed by atoms with Gasteiger partial charge in [0.2, 0.25) is 12.2 Å². The van der Waals surface area contributed by atoms with Crippen LogP contribution in [-0.2, 0) is 70.7 Å². The Balaban J connectivity index is 0.733. The third kappa shape index (κ3) is 16.1. The average molecular weight is 1450 g/mol. The van der Waals surface area contributed by atoms with Gasteiger partial charge in [0, 0.05) is 97.6 Å². The van der Waals surface area contributed by atoms with Crippen LogP contribution in [0.3, 0.4) is 0 Å². The zero-order valence-corrected chi connectivity index (χ0v) is 58.8. The molecule has 7 aliphatic rings. The quantitative estimate of drug-likeness (QED) is 0.0200. The van der Waals surface area contributed by atoms with Crippen LogP contribution < -0.4 is 20.3 Å². The fourth-order valence-electron chi connectivity index (χ4n) is 17.1. The van der Waals surface area contributed by atoms with E-state index in [0.717, 1.165) is 76.2 Å². The molecule has 7 atom stereocenters. The van der Waals surface area contributed by atoms with Gasteiger partial charge in [0.15, 0.2) is 16.9 Å². The number of carboxylic acid groups (broad SMARTS) is 2. The number of aliphatic hydroxyl groups is 6. The largest absolute Gasteiger partial charge is 0.479 e. The number of hydrogen-bond acceptors (Lipinski definition) is 23. The molecule has 554 valence electrons. The predicted octanol–water partition coefficient (Wildman–Crippen LogP) is 5.10. The number of rotatable bonds is 31. The van der Waals surface area contributed by atoms with Gasteiger partial charge in [-0.25, -0.2) is 24.4 Å². The monoisotopic (exact) mass is 1450 g/mol. The SMILES string of the molecule is Cc1c(-c2ccc(N3CCc4cccc(C(=O)Nc5nc6ccccc6s5)c4C3)nc2C(=O)O)cnn1CC12CC3(C)CC(C)(C1)CC(OCCN(CCC(=O)CC(CO)(CO)CO)C(=O)OCc1ccc(CCCCNC(=O)CN4C(=O)C=CC4=O)cc1O[C@@H]1O[C@H](C(=O)O)[C@@H](O)[C@H](O)[C@H]1O)(C3)C2. The number of aliphatic carboxylic acids is 1. The molecule has 4 saturated carbocycles. The van der Waals surface area contributed by atoms with Gasteiger partial charge in [-0.15, -0.1) is 0 Å². The van der Waals surface area contributed by atoms with Crippen LogP contribution in [0.1, 0.15) is 127 Å². The zero-order chi connectivity index (χ0) is 74.0. The lowest BCUT2D eigenvalue weighted by Gasteiger charge is -2.69. The molecule has 1 saturated heterocycles. The number of nitrogens with zero attached hydrogens (tertiary/aromatic N) is 7. The number of carboxylic acids is 2. The van der Waals surface area contributed by atoms with Crippen LogP contribution in [0, 0.1) is 28.6 Å². The smallest absolute Gasteiger partial charge is 0.410 e. The molecule has 0 radical (unpaired) electrons. The van der Waals surface area contributed by atoms with Crippen molar-refractivity contribution in [2.75, 3.05) is 69.4 Å². The highest BCUT2D eigenvalue weighted by Crippen LogP contribution is 2.72. The lowest BCUT2D eigenvalue weighted by molar-refractivity contribution is -0.271. The number of carbonyl (C=O) groups is 8. The molecule has 30 heteroatoms. The molecule has 29 nitrogen and oxygen atoms in total. The summed E-state index contributed by atoms with van der Waals surface area (Å²) >= 11 is 1.39. The van der Waals surface area contributed by atoms with Gasteiger partial charge in [0.25, 0.3) is 17.7 Å². The number of thiazole rings is 1. The number of imide groups is 1. The first-order chi connectivity index (χ1) is 49.6.